The van der Waals surface area contributed by atoms with E-state index in [-0.39, 0.29) is 0 Å². The Morgan fingerprint density at radius 3 is 2.78 bits per heavy atom. The number of nitrogen functional groups attached to an aromatic ring is 1. The van der Waals surface area contributed by atoms with Gasteiger partial charge in [-0.25, -0.2) is 0 Å². The monoisotopic (exact) mass is 158 g/mol. The largest absolute Gasteiger partial charge is 0.384 e. The molecule has 1 heterocycles. The molecule has 0 unspecified atom stereocenters. The van der Waals surface area contributed by atoms with Crippen molar-refractivity contribution in [1.82, 2.24) is 4.98 Å². The zero-order chi connectivity index (χ0) is 6.85. The van der Waals surface area contributed by atoms with E-state index in [4.69, 9.17) is 18.0 Å². The first kappa shape index (κ1) is 6.64. The molecule has 0 bridgehead atoms. The minimum absolute atomic E-state index is 0.519. The van der Waals surface area contributed by atoms with Gasteiger partial charge in [-0.2, -0.15) is 0 Å². The highest BCUT2D eigenvalue weighted by Gasteiger charge is 1.91. The topological polar surface area (TPSA) is 41.8 Å². The average molecular weight is 158 g/mol. The first-order valence-corrected chi connectivity index (χ1v) is 3.23. The summed E-state index contributed by atoms with van der Waals surface area (Å²) in [5.74, 6) is 0.519. The molecular weight excluding hydrogens is 152 g/mol. The van der Waals surface area contributed by atoms with Gasteiger partial charge in [0.05, 0.1) is 9.41 Å². The molecule has 0 spiro atoms. The summed E-state index contributed by atoms with van der Waals surface area (Å²) in [4.78, 5) is 3.42. The lowest BCUT2D eigenvalue weighted by molar-refractivity contribution is 1.24. The van der Waals surface area contributed by atoms with Crippen molar-refractivity contribution in [2.75, 3.05) is 5.73 Å². The summed E-state index contributed by atoms with van der Waals surface area (Å²) < 4.78 is 0.676. The first-order valence-electron chi connectivity index (χ1n) is 2.38. The minimum atomic E-state index is 0.519. The van der Waals surface area contributed by atoms with Gasteiger partial charge in [-0.3, -0.25) is 0 Å². The lowest BCUT2D eigenvalue weighted by atomic mass is 10.5. The maximum absolute atomic E-state index is 5.42. The van der Waals surface area contributed by atoms with E-state index < -0.39 is 0 Å². The van der Waals surface area contributed by atoms with E-state index in [1.165, 1.54) is 0 Å². The van der Waals surface area contributed by atoms with Crippen LogP contribution in [0.15, 0.2) is 17.2 Å². The number of H-pyrrole nitrogens is 1. The normalized spacial score (nSPS) is 9.44. The lowest BCUT2D eigenvalue weighted by Gasteiger charge is -1.95. The van der Waals surface area contributed by atoms with Gasteiger partial charge in [0.2, 0.25) is 0 Å². The molecule has 0 radical (unpaired) electrons. The highest BCUT2D eigenvalue weighted by atomic mass is 32.1. The zero-order valence-electron chi connectivity index (χ0n) is 4.59. The summed E-state index contributed by atoms with van der Waals surface area (Å²) in [6, 6.07) is 1.74. The molecule has 0 aliphatic heterocycles. The summed E-state index contributed by atoms with van der Waals surface area (Å²) in [6.07, 6.45) is 1.69. The Balaban J connectivity index is 3.43. The van der Waals surface area contributed by atoms with Crippen molar-refractivity contribution in [1.29, 1.82) is 0 Å². The molecule has 1 rings (SSSR count). The van der Waals surface area contributed by atoms with Crippen molar-refractivity contribution >= 4 is 30.7 Å². The van der Waals surface area contributed by atoms with Gasteiger partial charge in [-0.15, -0.1) is 12.6 Å². The molecule has 1 aromatic rings. The molecule has 0 atom stereocenters. The Labute approximate surface area is 63.5 Å². The van der Waals surface area contributed by atoms with Crippen LogP contribution in [0, 0.1) is 4.51 Å². The molecule has 0 saturated heterocycles. The fourth-order valence-electron chi connectivity index (χ4n) is 0.487. The van der Waals surface area contributed by atoms with Crippen LogP contribution in [-0.4, -0.2) is 4.98 Å². The molecule has 2 nitrogen and oxygen atoms in total. The fourth-order valence-corrected chi connectivity index (χ4v) is 0.804. The number of thiol groups is 1. The van der Waals surface area contributed by atoms with Crippen molar-refractivity contribution in [2.24, 2.45) is 0 Å². The van der Waals surface area contributed by atoms with Gasteiger partial charge < -0.3 is 10.7 Å². The van der Waals surface area contributed by atoms with E-state index in [2.05, 4.69) is 17.6 Å². The molecule has 0 aliphatic rings. The summed E-state index contributed by atoms with van der Waals surface area (Å²) in [5.41, 5.74) is 5.42. The van der Waals surface area contributed by atoms with Gasteiger partial charge >= 0.3 is 0 Å². The Bertz CT molecular complexity index is 266. The molecule has 4 heteroatoms. The maximum Gasteiger partial charge on any atom is 0.115 e. The number of hydrogen-bond acceptors (Lipinski definition) is 3. The van der Waals surface area contributed by atoms with E-state index in [0.29, 0.717) is 15.2 Å². The summed E-state index contributed by atoms with van der Waals surface area (Å²) >= 11 is 8.92. The van der Waals surface area contributed by atoms with Crippen LogP contribution in [-0.2, 0) is 0 Å². The van der Waals surface area contributed by atoms with Crippen LogP contribution in [0.3, 0.4) is 0 Å². The van der Waals surface area contributed by atoms with Crippen LogP contribution < -0.4 is 5.73 Å². The van der Waals surface area contributed by atoms with Crippen molar-refractivity contribution in [3.63, 3.8) is 0 Å². The molecule has 0 aromatic carbocycles. The highest BCUT2D eigenvalue weighted by Crippen LogP contribution is 2.13. The fraction of sp³-hybridized carbons (Fsp3) is 0. The molecule has 0 amide bonds. The van der Waals surface area contributed by atoms with Gasteiger partial charge in [0, 0.05) is 6.20 Å². The van der Waals surface area contributed by atoms with Crippen LogP contribution in [0.1, 0.15) is 0 Å². The van der Waals surface area contributed by atoms with Crippen molar-refractivity contribution in [2.45, 2.75) is 4.90 Å². The van der Waals surface area contributed by atoms with Crippen molar-refractivity contribution in [3.05, 3.63) is 16.8 Å². The van der Waals surface area contributed by atoms with E-state index >= 15 is 0 Å². The second-order valence-electron chi connectivity index (χ2n) is 1.60. The number of rotatable bonds is 0. The van der Waals surface area contributed by atoms with Crippen LogP contribution >= 0.6 is 24.8 Å². The molecule has 0 fully saturated rings. The molecule has 48 valence electrons. The molecule has 1 aromatic heterocycles. The zero-order valence-corrected chi connectivity index (χ0v) is 6.30. The quantitative estimate of drug-likeness (QED) is 0.396. The number of pyridine rings is 1. The number of hydrogen-bond donors (Lipinski definition) is 3. The second-order valence-corrected chi connectivity index (χ2v) is 2.49. The number of aromatic nitrogens is 1. The Morgan fingerprint density at radius 2 is 2.33 bits per heavy atom. The molecule has 9 heavy (non-hydrogen) atoms. The summed E-state index contributed by atoms with van der Waals surface area (Å²) in [7, 11) is 0. The summed E-state index contributed by atoms with van der Waals surface area (Å²) in [6.45, 7) is 0. The first-order chi connectivity index (χ1) is 4.22. The molecule has 3 N–H and O–H groups in total. The van der Waals surface area contributed by atoms with Crippen molar-refractivity contribution in [3.8, 4) is 0 Å². The number of nitrogens with one attached hydrogen (secondary N) is 1. The second kappa shape index (κ2) is 2.41. The minimum Gasteiger partial charge on any atom is -0.384 e. The van der Waals surface area contributed by atoms with Crippen molar-refractivity contribution < 1.29 is 0 Å². The van der Waals surface area contributed by atoms with E-state index in [1.807, 2.05) is 0 Å². The number of aromatic amines is 1. The third-order valence-electron chi connectivity index (χ3n) is 0.962. The van der Waals surface area contributed by atoms with Crippen LogP contribution in [0.5, 0.6) is 0 Å². The smallest absolute Gasteiger partial charge is 0.115 e. The molecular formula is C5H6N2S2. The third kappa shape index (κ3) is 1.25. The van der Waals surface area contributed by atoms with Crippen LogP contribution in [0.2, 0.25) is 0 Å². The van der Waals surface area contributed by atoms with Crippen LogP contribution in [0.4, 0.5) is 5.82 Å². The van der Waals surface area contributed by atoms with E-state index in [1.54, 1.807) is 12.3 Å². The Kier molecular flexibility index (Phi) is 1.78. The predicted octanol–water partition coefficient (Wildman–Crippen LogP) is 1.62. The lowest BCUT2D eigenvalue weighted by Crippen LogP contribution is -1.90. The van der Waals surface area contributed by atoms with Gasteiger partial charge in [-0.05, 0) is 6.07 Å². The van der Waals surface area contributed by atoms with E-state index in [0.717, 1.165) is 0 Å². The SMILES string of the molecule is Nc1[nH]ccc(=S)c1S. The molecule has 0 aliphatic carbocycles. The predicted molar refractivity (Wildman–Crippen MR) is 43.3 cm³/mol. The maximum atomic E-state index is 5.42. The van der Waals surface area contributed by atoms with Crippen LogP contribution in [0.25, 0.3) is 0 Å². The number of nitrogens with two attached hydrogens (primary N) is 1. The average Bonchev–Trinajstić information content (AvgIpc) is 1.83. The van der Waals surface area contributed by atoms with E-state index in [9.17, 15) is 0 Å². The molecule has 0 saturated carbocycles. The third-order valence-corrected chi connectivity index (χ3v) is 1.94. The highest BCUT2D eigenvalue weighted by molar-refractivity contribution is 7.81. The Morgan fingerprint density at radius 1 is 1.67 bits per heavy atom. The van der Waals surface area contributed by atoms with Gasteiger partial charge in [0.1, 0.15) is 5.82 Å². The standard InChI is InChI=1S/C5H6N2S2/c6-5-4(9)3(8)1-2-7-5/h1-2,9H,(H3,6,7,8). The van der Waals surface area contributed by atoms with Gasteiger partial charge in [0.15, 0.2) is 0 Å². The van der Waals surface area contributed by atoms with Gasteiger partial charge in [-0.1, -0.05) is 12.2 Å². The Hall–Kier alpha value is -0.480. The van der Waals surface area contributed by atoms with Gasteiger partial charge in [0.25, 0.3) is 0 Å². The summed E-state index contributed by atoms with van der Waals surface area (Å²) in [5, 5.41) is 0. The number of anilines is 1.